The molecule has 0 aliphatic heterocycles. The summed E-state index contributed by atoms with van der Waals surface area (Å²) in [5.41, 5.74) is 1.22. The third kappa shape index (κ3) is 5.38. The molecule has 2 nitrogen and oxygen atoms in total. The lowest BCUT2D eigenvalue weighted by Gasteiger charge is -2.26. The summed E-state index contributed by atoms with van der Waals surface area (Å²) in [6.45, 7) is 4.25. The highest BCUT2D eigenvalue weighted by Gasteiger charge is 2.18. The van der Waals surface area contributed by atoms with Gasteiger partial charge in [-0.2, -0.15) is 0 Å². The van der Waals surface area contributed by atoms with E-state index in [2.05, 4.69) is 25.2 Å². The minimum Gasteiger partial charge on any atom is -0.379 e. The first-order valence-electron chi connectivity index (χ1n) is 6.44. The van der Waals surface area contributed by atoms with Gasteiger partial charge in [0.2, 0.25) is 0 Å². The predicted octanol–water partition coefficient (Wildman–Crippen LogP) is 3.68. The van der Waals surface area contributed by atoms with Gasteiger partial charge in [0.15, 0.2) is 0 Å². The van der Waals surface area contributed by atoms with E-state index in [1.54, 1.807) is 7.11 Å². The van der Waals surface area contributed by atoms with Crippen LogP contribution in [0.3, 0.4) is 0 Å². The zero-order valence-corrected chi connectivity index (χ0v) is 12.6. The fourth-order valence-electron chi connectivity index (χ4n) is 1.92. The van der Waals surface area contributed by atoms with Crippen molar-refractivity contribution in [3.8, 4) is 0 Å². The summed E-state index contributed by atoms with van der Waals surface area (Å²) in [6, 6.07) is 8.53. The number of methoxy groups -OCH3 is 1. The summed E-state index contributed by atoms with van der Waals surface area (Å²) >= 11 is 6.00. The Labute approximate surface area is 116 Å². The minimum absolute atomic E-state index is 0.0521. The third-order valence-electron chi connectivity index (χ3n) is 3.43. The van der Waals surface area contributed by atoms with E-state index in [1.807, 2.05) is 25.2 Å². The van der Waals surface area contributed by atoms with E-state index >= 15 is 0 Å². The molecule has 0 saturated carbocycles. The lowest BCUT2D eigenvalue weighted by Crippen LogP contribution is -2.31. The van der Waals surface area contributed by atoms with E-state index in [1.165, 1.54) is 5.56 Å². The summed E-state index contributed by atoms with van der Waals surface area (Å²) in [5.74, 6) is 0. The van der Waals surface area contributed by atoms with Gasteiger partial charge in [-0.15, -0.1) is 0 Å². The molecular formula is C15H24ClNO. The van der Waals surface area contributed by atoms with Crippen molar-refractivity contribution in [3.05, 3.63) is 34.9 Å². The van der Waals surface area contributed by atoms with Gasteiger partial charge in [-0.3, -0.25) is 0 Å². The average molecular weight is 270 g/mol. The molecule has 1 unspecified atom stereocenters. The second kappa shape index (κ2) is 7.13. The number of benzene rings is 1. The Morgan fingerprint density at radius 1 is 1.39 bits per heavy atom. The Hall–Kier alpha value is -0.570. The highest BCUT2D eigenvalue weighted by molar-refractivity contribution is 6.30. The van der Waals surface area contributed by atoms with Crippen LogP contribution in [0.15, 0.2) is 24.3 Å². The molecule has 0 aromatic heterocycles. The van der Waals surface area contributed by atoms with Crippen LogP contribution < -0.4 is 5.32 Å². The average Bonchev–Trinajstić information content (AvgIpc) is 2.34. The molecule has 0 aliphatic carbocycles. The van der Waals surface area contributed by atoms with Gasteiger partial charge in [-0.1, -0.05) is 23.7 Å². The molecule has 0 radical (unpaired) electrons. The summed E-state index contributed by atoms with van der Waals surface area (Å²) in [6.07, 6.45) is 3.12. The molecular weight excluding hydrogens is 246 g/mol. The van der Waals surface area contributed by atoms with Gasteiger partial charge in [0, 0.05) is 18.2 Å². The van der Waals surface area contributed by atoms with Gasteiger partial charge >= 0.3 is 0 Å². The first-order chi connectivity index (χ1) is 8.46. The largest absolute Gasteiger partial charge is 0.379 e. The smallest absolute Gasteiger partial charge is 0.0623 e. The van der Waals surface area contributed by atoms with Crippen LogP contribution in [0.2, 0.25) is 5.02 Å². The zero-order valence-electron chi connectivity index (χ0n) is 11.8. The molecule has 0 fully saturated rings. The quantitative estimate of drug-likeness (QED) is 0.815. The van der Waals surface area contributed by atoms with Crippen LogP contribution in [0.5, 0.6) is 0 Å². The molecule has 1 aromatic carbocycles. The van der Waals surface area contributed by atoms with Gasteiger partial charge < -0.3 is 10.1 Å². The SMILES string of the molecule is CNC(CCC(C)(C)OC)Cc1cccc(Cl)c1. The van der Waals surface area contributed by atoms with E-state index in [0.29, 0.717) is 6.04 Å². The first-order valence-corrected chi connectivity index (χ1v) is 6.81. The van der Waals surface area contributed by atoms with Crippen LogP contribution in [-0.2, 0) is 11.2 Å². The van der Waals surface area contributed by atoms with Crippen molar-refractivity contribution in [2.45, 2.75) is 44.8 Å². The number of hydrogen-bond acceptors (Lipinski definition) is 2. The monoisotopic (exact) mass is 269 g/mol. The fraction of sp³-hybridized carbons (Fsp3) is 0.600. The second-order valence-corrected chi connectivity index (χ2v) is 5.76. The molecule has 3 heteroatoms. The molecule has 1 atom stereocenters. The van der Waals surface area contributed by atoms with Crippen LogP contribution in [0, 0.1) is 0 Å². The van der Waals surface area contributed by atoms with Crippen molar-refractivity contribution in [3.63, 3.8) is 0 Å². The van der Waals surface area contributed by atoms with E-state index in [0.717, 1.165) is 24.3 Å². The number of halogens is 1. The molecule has 0 amide bonds. The zero-order chi connectivity index (χ0) is 13.6. The fourth-order valence-corrected chi connectivity index (χ4v) is 2.13. The van der Waals surface area contributed by atoms with Crippen molar-refractivity contribution in [1.82, 2.24) is 5.32 Å². The highest BCUT2D eigenvalue weighted by atomic mass is 35.5. The molecule has 1 aromatic rings. The molecule has 18 heavy (non-hydrogen) atoms. The molecule has 0 spiro atoms. The molecule has 0 heterocycles. The number of ether oxygens (including phenoxy) is 1. The van der Waals surface area contributed by atoms with Crippen molar-refractivity contribution < 1.29 is 4.74 Å². The van der Waals surface area contributed by atoms with Crippen molar-refractivity contribution in [2.24, 2.45) is 0 Å². The van der Waals surface area contributed by atoms with E-state index in [-0.39, 0.29) is 5.60 Å². The second-order valence-electron chi connectivity index (χ2n) is 5.32. The maximum Gasteiger partial charge on any atom is 0.0623 e. The molecule has 1 rings (SSSR count). The summed E-state index contributed by atoms with van der Waals surface area (Å²) in [7, 11) is 3.78. The number of likely N-dealkylation sites (N-methyl/N-ethyl adjacent to an activating group) is 1. The van der Waals surface area contributed by atoms with Crippen LogP contribution in [-0.4, -0.2) is 25.8 Å². The molecule has 0 bridgehead atoms. The van der Waals surface area contributed by atoms with Crippen LogP contribution in [0.1, 0.15) is 32.3 Å². The Morgan fingerprint density at radius 3 is 2.67 bits per heavy atom. The minimum atomic E-state index is -0.0521. The summed E-state index contributed by atoms with van der Waals surface area (Å²) in [4.78, 5) is 0. The van der Waals surface area contributed by atoms with Gasteiger partial charge in [0.05, 0.1) is 5.60 Å². The van der Waals surface area contributed by atoms with Gasteiger partial charge in [0.25, 0.3) is 0 Å². The van der Waals surface area contributed by atoms with Crippen molar-refractivity contribution in [1.29, 1.82) is 0 Å². The number of rotatable bonds is 7. The van der Waals surface area contributed by atoms with Crippen LogP contribution in [0.4, 0.5) is 0 Å². The van der Waals surface area contributed by atoms with Crippen molar-refractivity contribution >= 4 is 11.6 Å². The van der Waals surface area contributed by atoms with Gasteiger partial charge in [0.1, 0.15) is 0 Å². The van der Waals surface area contributed by atoms with Gasteiger partial charge in [-0.05, 0) is 57.9 Å². The van der Waals surface area contributed by atoms with E-state index in [4.69, 9.17) is 16.3 Å². The predicted molar refractivity (Wildman–Crippen MR) is 78.3 cm³/mol. The molecule has 1 N–H and O–H groups in total. The van der Waals surface area contributed by atoms with Gasteiger partial charge in [-0.25, -0.2) is 0 Å². The number of nitrogens with one attached hydrogen (secondary N) is 1. The van der Waals surface area contributed by atoms with E-state index in [9.17, 15) is 0 Å². The standard InChI is InChI=1S/C15H24ClNO/c1-15(2,18-4)9-8-14(17-3)11-12-6-5-7-13(16)10-12/h5-7,10,14,17H,8-9,11H2,1-4H3. The highest BCUT2D eigenvalue weighted by Crippen LogP contribution is 2.19. The lowest BCUT2D eigenvalue weighted by atomic mass is 9.95. The Bertz CT molecular complexity index is 365. The van der Waals surface area contributed by atoms with E-state index < -0.39 is 0 Å². The number of hydrogen-bond donors (Lipinski definition) is 1. The Balaban J connectivity index is 2.52. The molecule has 0 aliphatic rings. The maximum atomic E-state index is 6.00. The molecule has 102 valence electrons. The lowest BCUT2D eigenvalue weighted by molar-refractivity contribution is 0.0119. The molecule has 0 saturated heterocycles. The summed E-state index contributed by atoms with van der Waals surface area (Å²) in [5, 5.41) is 4.17. The topological polar surface area (TPSA) is 21.3 Å². The van der Waals surface area contributed by atoms with Crippen LogP contribution >= 0.6 is 11.6 Å². The summed E-state index contributed by atoms with van der Waals surface area (Å²) < 4.78 is 5.45. The third-order valence-corrected chi connectivity index (χ3v) is 3.66. The Kier molecular flexibility index (Phi) is 6.13. The maximum absolute atomic E-state index is 6.00. The van der Waals surface area contributed by atoms with Crippen LogP contribution in [0.25, 0.3) is 0 Å². The van der Waals surface area contributed by atoms with Crippen molar-refractivity contribution in [2.75, 3.05) is 14.2 Å². The normalized spacial score (nSPS) is 13.6. The Morgan fingerprint density at radius 2 is 2.11 bits per heavy atom. The first kappa shape index (κ1) is 15.5.